The van der Waals surface area contributed by atoms with Gasteiger partial charge in [-0.15, -0.1) is 0 Å². The summed E-state index contributed by atoms with van der Waals surface area (Å²) in [6.07, 6.45) is -4.90. The summed E-state index contributed by atoms with van der Waals surface area (Å²) in [7, 11) is 3.84. The minimum Gasteiger partial charge on any atom is -0.457 e. The molecule has 4 fully saturated rings. The molecule has 0 spiro atoms. The molecule has 44 heavy (non-hydrogen) atoms. The van der Waals surface area contributed by atoms with E-state index in [1.54, 1.807) is 13.8 Å². The van der Waals surface area contributed by atoms with Gasteiger partial charge in [-0.1, -0.05) is 27.7 Å². The maximum Gasteiger partial charge on any atom is 0.509 e. The third-order valence-corrected chi connectivity index (χ3v) is 10.4. The number of aliphatic hydroxyl groups excluding tert-OH is 1. The molecule has 0 aromatic carbocycles. The number of rotatable bonds is 6. The van der Waals surface area contributed by atoms with E-state index in [1.807, 2.05) is 53.6 Å². The first-order valence-electron chi connectivity index (χ1n) is 16.0. The van der Waals surface area contributed by atoms with Gasteiger partial charge in [0.2, 0.25) is 0 Å². The molecular formula is C32H53NO11. The quantitative estimate of drug-likeness (QED) is 0.341. The maximum absolute atomic E-state index is 13.7. The van der Waals surface area contributed by atoms with Gasteiger partial charge < -0.3 is 43.2 Å². The van der Waals surface area contributed by atoms with Crippen LogP contribution in [-0.2, 0) is 42.7 Å². The lowest BCUT2D eigenvalue weighted by Crippen LogP contribution is -2.59. The van der Waals surface area contributed by atoms with Gasteiger partial charge in [0, 0.05) is 18.8 Å². The zero-order chi connectivity index (χ0) is 32.9. The fraction of sp³-hybridized carbons (Fsp3) is 0.906. The number of nitrogens with zero attached hydrogens (tertiary/aromatic N) is 1. The lowest BCUT2D eigenvalue weighted by molar-refractivity contribution is -0.303. The Morgan fingerprint density at radius 2 is 1.73 bits per heavy atom. The molecule has 0 aromatic rings. The number of esters is 2. The normalized spacial score (nSPS) is 48.2. The SMILES string of the molecule is CC[C@H]1OC(=O)O[C@@]1(C)[C@@H]1OC(=O)[C@H](C)[C@@H](O)[C@H](C)[C@@H](O[C@@H]2OC(C)CC(N(C)C)C2OC(C)=O)C2(C)CC(C)C(O2)[C@@H]1C. The summed E-state index contributed by atoms with van der Waals surface area (Å²) < 4.78 is 43.1. The Morgan fingerprint density at radius 3 is 2.32 bits per heavy atom. The molecule has 2 bridgehead atoms. The van der Waals surface area contributed by atoms with Gasteiger partial charge >= 0.3 is 18.1 Å². The van der Waals surface area contributed by atoms with E-state index in [0.29, 0.717) is 19.3 Å². The minimum atomic E-state index is -1.26. The lowest BCUT2D eigenvalue weighted by Gasteiger charge is -2.47. The van der Waals surface area contributed by atoms with Crippen LogP contribution in [0.5, 0.6) is 0 Å². The number of carbonyl (C=O) groups is 3. The second-order valence-electron chi connectivity index (χ2n) is 14.2. The smallest absolute Gasteiger partial charge is 0.457 e. The van der Waals surface area contributed by atoms with Crippen LogP contribution >= 0.6 is 0 Å². The van der Waals surface area contributed by atoms with E-state index >= 15 is 0 Å². The first kappa shape index (κ1) is 34.9. The average molecular weight is 628 g/mol. The van der Waals surface area contributed by atoms with Crippen LogP contribution in [0.15, 0.2) is 0 Å². The summed E-state index contributed by atoms with van der Waals surface area (Å²) in [5.74, 6) is -3.08. The molecule has 4 heterocycles. The molecule has 12 nitrogen and oxygen atoms in total. The Labute approximate surface area is 261 Å². The highest BCUT2D eigenvalue weighted by molar-refractivity contribution is 5.73. The average Bonchev–Trinajstić information content (AvgIpc) is 3.42. The third kappa shape index (κ3) is 6.47. The zero-order valence-electron chi connectivity index (χ0n) is 28.1. The molecule has 4 saturated heterocycles. The van der Waals surface area contributed by atoms with Crippen LogP contribution in [0.4, 0.5) is 4.79 Å². The summed E-state index contributed by atoms with van der Waals surface area (Å²) in [4.78, 5) is 40.2. The van der Waals surface area contributed by atoms with E-state index in [2.05, 4.69) is 6.92 Å². The van der Waals surface area contributed by atoms with Crippen LogP contribution in [-0.4, -0.2) is 108 Å². The summed E-state index contributed by atoms with van der Waals surface area (Å²) in [5.41, 5.74) is -2.18. The van der Waals surface area contributed by atoms with E-state index in [4.69, 9.17) is 33.2 Å². The van der Waals surface area contributed by atoms with Gasteiger partial charge in [0.05, 0.1) is 42.0 Å². The summed E-state index contributed by atoms with van der Waals surface area (Å²) in [6.45, 7) is 16.3. The standard InChI is InChI=1S/C32H53NO11/c1-12-22-32(9,44-30(37)40-22)27-19(6)24-15(2)14-31(8,43-24)26(17(4)23(35)18(5)28(36)41-27)42-29-25(39-20(7)34)21(33(10)11)13-16(3)38-29/h15-19,21-27,29,35H,12-14H2,1-11H3/t15?,16?,17-,18+,19-,21?,22+,23-,24?,25?,26+,27+,29-,31?,32+/m0/s1. The molecule has 1 N–H and O–H groups in total. The Balaban J connectivity index is 1.75. The monoisotopic (exact) mass is 627 g/mol. The van der Waals surface area contributed by atoms with E-state index in [-0.39, 0.29) is 18.1 Å². The number of carbonyl (C=O) groups excluding carboxylic acids is 3. The van der Waals surface area contributed by atoms with E-state index in [0.717, 1.165) is 0 Å². The van der Waals surface area contributed by atoms with Gasteiger partial charge in [0.15, 0.2) is 18.0 Å². The fourth-order valence-corrected chi connectivity index (χ4v) is 8.12. The van der Waals surface area contributed by atoms with Crippen LogP contribution in [0.2, 0.25) is 0 Å². The predicted octanol–water partition coefficient (Wildman–Crippen LogP) is 3.45. The van der Waals surface area contributed by atoms with Crippen LogP contribution < -0.4 is 0 Å². The van der Waals surface area contributed by atoms with Gasteiger partial charge in [-0.2, -0.15) is 0 Å². The topological polar surface area (TPSA) is 139 Å². The number of hydrogen-bond acceptors (Lipinski definition) is 12. The number of fused-ring (bicyclic) bond motifs is 2. The largest absolute Gasteiger partial charge is 0.509 e. The third-order valence-electron chi connectivity index (χ3n) is 10.4. The van der Waals surface area contributed by atoms with Gasteiger partial charge in [0.1, 0.15) is 12.2 Å². The van der Waals surface area contributed by atoms with Crippen LogP contribution in [0.3, 0.4) is 0 Å². The molecule has 0 saturated carbocycles. The molecule has 0 amide bonds. The maximum atomic E-state index is 13.7. The number of aliphatic hydroxyl groups is 1. The first-order chi connectivity index (χ1) is 20.4. The molecule has 4 rings (SSSR count). The Bertz CT molecular complexity index is 1070. The minimum absolute atomic E-state index is 0.0183. The highest BCUT2D eigenvalue weighted by atomic mass is 16.8. The number of ether oxygens (including phenoxy) is 7. The molecule has 0 aliphatic carbocycles. The zero-order valence-corrected chi connectivity index (χ0v) is 28.1. The Morgan fingerprint density at radius 1 is 1.07 bits per heavy atom. The second kappa shape index (κ2) is 13.0. The number of hydrogen-bond donors (Lipinski definition) is 1. The van der Waals surface area contributed by atoms with E-state index in [1.165, 1.54) is 6.92 Å². The van der Waals surface area contributed by atoms with Gasteiger partial charge in [0.25, 0.3) is 0 Å². The van der Waals surface area contributed by atoms with Crippen LogP contribution in [0.25, 0.3) is 0 Å². The van der Waals surface area contributed by atoms with Crippen molar-refractivity contribution in [2.24, 2.45) is 23.7 Å². The van der Waals surface area contributed by atoms with Crippen molar-refractivity contribution in [2.75, 3.05) is 14.1 Å². The molecule has 0 radical (unpaired) electrons. The molecular weight excluding hydrogens is 574 g/mol. The summed E-state index contributed by atoms with van der Waals surface area (Å²) in [6, 6.07) is -0.169. The van der Waals surface area contributed by atoms with Crippen LogP contribution in [0.1, 0.15) is 81.6 Å². The highest BCUT2D eigenvalue weighted by Crippen LogP contribution is 2.49. The van der Waals surface area contributed by atoms with E-state index < -0.39 is 90.0 Å². The van der Waals surface area contributed by atoms with Crippen molar-refractivity contribution in [3.8, 4) is 0 Å². The summed E-state index contributed by atoms with van der Waals surface area (Å²) in [5, 5.41) is 11.7. The predicted molar refractivity (Wildman–Crippen MR) is 157 cm³/mol. The first-order valence-corrected chi connectivity index (χ1v) is 16.0. The highest BCUT2D eigenvalue weighted by Gasteiger charge is 2.61. The van der Waals surface area contributed by atoms with Gasteiger partial charge in [-0.05, 0) is 67.0 Å². The molecule has 252 valence electrons. The van der Waals surface area contributed by atoms with E-state index in [9.17, 15) is 19.5 Å². The van der Waals surface area contributed by atoms with Crippen molar-refractivity contribution in [2.45, 2.75) is 148 Å². The van der Waals surface area contributed by atoms with Crippen molar-refractivity contribution in [3.63, 3.8) is 0 Å². The lowest BCUT2D eigenvalue weighted by atomic mass is 9.76. The van der Waals surface area contributed by atoms with Crippen molar-refractivity contribution in [1.29, 1.82) is 0 Å². The van der Waals surface area contributed by atoms with Crippen LogP contribution in [0, 0.1) is 23.7 Å². The van der Waals surface area contributed by atoms with Crippen molar-refractivity contribution < 1.29 is 52.6 Å². The molecule has 12 heteroatoms. The number of likely N-dealkylation sites (N-methyl/N-ethyl adjacent to an activating group) is 1. The number of cyclic esters (lactones) is 3. The van der Waals surface area contributed by atoms with Gasteiger partial charge in [-0.3, -0.25) is 9.59 Å². The molecule has 4 aliphatic heterocycles. The fourth-order valence-electron chi connectivity index (χ4n) is 8.12. The molecule has 6 unspecified atom stereocenters. The molecule has 4 aliphatic rings. The van der Waals surface area contributed by atoms with Gasteiger partial charge in [-0.25, -0.2) is 4.79 Å². The van der Waals surface area contributed by atoms with Crippen molar-refractivity contribution in [1.82, 2.24) is 4.90 Å². The Hall–Kier alpha value is -1.99. The molecule has 0 aromatic heterocycles. The summed E-state index contributed by atoms with van der Waals surface area (Å²) >= 11 is 0. The van der Waals surface area contributed by atoms with Crippen molar-refractivity contribution in [3.05, 3.63) is 0 Å². The molecule has 15 atom stereocenters. The Kier molecular flexibility index (Phi) is 10.3. The second-order valence-corrected chi connectivity index (χ2v) is 14.2. The van der Waals surface area contributed by atoms with Crippen molar-refractivity contribution >= 4 is 18.1 Å².